The quantitative estimate of drug-likeness (QED) is 0.857. The van der Waals surface area contributed by atoms with E-state index in [9.17, 15) is 18.3 Å². The zero-order valence-electron chi connectivity index (χ0n) is 13.5. The Labute approximate surface area is 142 Å². The minimum Gasteiger partial charge on any atom is -0.504 e. The van der Waals surface area contributed by atoms with Gasteiger partial charge < -0.3 is 14.6 Å². The van der Waals surface area contributed by atoms with Gasteiger partial charge in [-0.3, -0.25) is 0 Å². The summed E-state index contributed by atoms with van der Waals surface area (Å²) in [6.45, 7) is 1.16. The highest BCUT2D eigenvalue weighted by Crippen LogP contribution is 2.30. The van der Waals surface area contributed by atoms with Crippen LogP contribution in [0.25, 0.3) is 0 Å². The summed E-state index contributed by atoms with van der Waals surface area (Å²) in [5.74, 6) is 0.252. The maximum absolute atomic E-state index is 12.3. The van der Waals surface area contributed by atoms with Crippen molar-refractivity contribution >= 4 is 6.21 Å². The first-order valence-electron chi connectivity index (χ1n) is 7.67. The summed E-state index contributed by atoms with van der Waals surface area (Å²) < 4.78 is 48.0. The Morgan fingerprint density at radius 1 is 1.20 bits per heavy atom. The molecule has 2 aromatic rings. The number of phenols is 1. The molecule has 0 fully saturated rings. The van der Waals surface area contributed by atoms with Crippen molar-refractivity contribution in [3.05, 3.63) is 53.1 Å². The number of alkyl halides is 3. The van der Waals surface area contributed by atoms with Crippen LogP contribution in [0.2, 0.25) is 0 Å². The van der Waals surface area contributed by atoms with Crippen molar-refractivity contribution in [1.82, 2.24) is 0 Å². The lowest BCUT2D eigenvalue weighted by Crippen LogP contribution is -2.22. The van der Waals surface area contributed by atoms with Gasteiger partial charge in [-0.1, -0.05) is 12.1 Å². The van der Waals surface area contributed by atoms with E-state index in [2.05, 4.69) is 4.74 Å². The molecule has 25 heavy (non-hydrogen) atoms. The second kappa shape index (κ2) is 6.66. The third-order valence-corrected chi connectivity index (χ3v) is 3.95. The molecule has 3 rings (SSSR count). The van der Waals surface area contributed by atoms with Gasteiger partial charge in [0, 0.05) is 17.5 Å². The Bertz CT molecular complexity index is 816. The number of rotatable bonds is 4. The largest absolute Gasteiger partial charge is 0.573 e. The van der Waals surface area contributed by atoms with E-state index in [-0.39, 0.29) is 11.5 Å². The fourth-order valence-electron chi connectivity index (χ4n) is 2.85. The Morgan fingerprint density at radius 3 is 2.72 bits per heavy atom. The van der Waals surface area contributed by atoms with Crippen LogP contribution in [-0.2, 0) is 13.0 Å². The van der Waals surface area contributed by atoms with Crippen LogP contribution in [0.15, 0.2) is 36.4 Å². The second-order valence-corrected chi connectivity index (χ2v) is 5.77. The summed E-state index contributed by atoms with van der Waals surface area (Å²) >= 11 is 0. The van der Waals surface area contributed by atoms with Crippen molar-refractivity contribution < 1.29 is 32.3 Å². The highest BCUT2D eigenvalue weighted by atomic mass is 19.4. The van der Waals surface area contributed by atoms with Crippen LogP contribution in [0.3, 0.4) is 0 Å². The number of hydrogen-bond acceptors (Lipinski definition) is 3. The normalized spacial score (nSPS) is 13.8. The lowest BCUT2D eigenvalue weighted by molar-refractivity contribution is -0.540. The monoisotopic (exact) mass is 352 g/mol. The molecule has 7 heteroatoms. The maximum atomic E-state index is 12.3. The molecule has 0 atom stereocenters. The first-order chi connectivity index (χ1) is 11.8. The molecule has 0 bridgehead atoms. The van der Waals surface area contributed by atoms with Crippen molar-refractivity contribution in [2.75, 3.05) is 13.7 Å². The van der Waals surface area contributed by atoms with E-state index in [1.165, 1.54) is 25.3 Å². The molecule has 0 radical (unpaired) electrons. The predicted molar refractivity (Wildman–Crippen MR) is 85.5 cm³/mol. The number of halogens is 3. The number of aromatic hydroxyl groups is 1. The number of phenolic OH excluding ortho intramolecular Hbond substituents is 1. The first-order valence-corrected chi connectivity index (χ1v) is 7.67. The van der Waals surface area contributed by atoms with Gasteiger partial charge in [0.2, 0.25) is 0 Å². The Morgan fingerprint density at radius 2 is 2.00 bits per heavy atom. The number of ether oxygens (including phenoxy) is 2. The minimum atomic E-state index is -4.70. The Balaban J connectivity index is 1.80. The molecule has 2 aromatic carbocycles. The predicted octanol–water partition coefficient (Wildman–Crippen LogP) is 3.49. The zero-order chi connectivity index (χ0) is 18.0. The molecule has 132 valence electrons. The van der Waals surface area contributed by atoms with E-state index in [0.717, 1.165) is 17.5 Å². The average molecular weight is 352 g/mol. The number of fused-ring (bicyclic) bond motifs is 1. The van der Waals surface area contributed by atoms with Crippen LogP contribution in [0.1, 0.15) is 16.7 Å². The molecule has 4 nitrogen and oxygen atoms in total. The highest BCUT2D eigenvalue weighted by Gasteiger charge is 2.31. The first kappa shape index (κ1) is 17.1. The van der Waals surface area contributed by atoms with Crippen LogP contribution in [-0.4, -0.2) is 35.9 Å². The molecular weight excluding hydrogens is 335 g/mol. The van der Waals surface area contributed by atoms with Crippen molar-refractivity contribution in [3.63, 3.8) is 0 Å². The fraction of sp³-hybridized carbons (Fsp3) is 0.278. The van der Waals surface area contributed by atoms with E-state index in [1.807, 2.05) is 10.8 Å². The smallest absolute Gasteiger partial charge is 0.504 e. The molecule has 0 saturated heterocycles. The molecule has 1 aliphatic heterocycles. The molecular formula is C18H17F3NO3+. The van der Waals surface area contributed by atoms with Crippen molar-refractivity contribution in [2.45, 2.75) is 19.3 Å². The highest BCUT2D eigenvalue weighted by molar-refractivity contribution is 5.80. The minimum absolute atomic E-state index is 0.0555. The van der Waals surface area contributed by atoms with Gasteiger partial charge in [0.25, 0.3) is 0 Å². The average Bonchev–Trinajstić information content (AvgIpc) is 2.53. The zero-order valence-corrected chi connectivity index (χ0v) is 13.5. The number of nitrogens with zero attached hydrogens (tertiary/aromatic N) is 1. The number of hydrogen-bond donors (Lipinski definition) is 1. The van der Waals surface area contributed by atoms with Gasteiger partial charge in [-0.2, -0.15) is 0 Å². The van der Waals surface area contributed by atoms with Gasteiger partial charge in [-0.15, -0.1) is 13.2 Å². The molecule has 1 aliphatic rings. The molecule has 0 amide bonds. The Hall–Kier alpha value is -2.70. The molecule has 0 unspecified atom stereocenters. The number of benzene rings is 2. The SMILES string of the molecule is COc1cc2c(cc1O)C=[N+](Cc1cccc(OC(F)(F)F)c1)CC2. The molecule has 0 aromatic heterocycles. The van der Waals surface area contributed by atoms with E-state index in [1.54, 1.807) is 18.2 Å². The summed E-state index contributed by atoms with van der Waals surface area (Å²) in [5.41, 5.74) is 2.63. The molecule has 0 saturated carbocycles. The van der Waals surface area contributed by atoms with E-state index < -0.39 is 6.36 Å². The van der Waals surface area contributed by atoms with Gasteiger partial charge in [0.15, 0.2) is 24.3 Å². The van der Waals surface area contributed by atoms with E-state index in [4.69, 9.17) is 4.74 Å². The van der Waals surface area contributed by atoms with Crippen LogP contribution < -0.4 is 9.47 Å². The van der Waals surface area contributed by atoms with Crippen LogP contribution in [0.4, 0.5) is 13.2 Å². The summed E-state index contributed by atoms with van der Waals surface area (Å²) in [6, 6.07) is 9.36. The summed E-state index contributed by atoms with van der Waals surface area (Å²) in [4.78, 5) is 0. The van der Waals surface area contributed by atoms with Gasteiger partial charge in [0.1, 0.15) is 12.3 Å². The van der Waals surface area contributed by atoms with Gasteiger partial charge in [-0.05, 0) is 29.8 Å². The lowest BCUT2D eigenvalue weighted by atomic mass is 10.0. The third kappa shape index (κ3) is 4.23. The van der Waals surface area contributed by atoms with Gasteiger partial charge in [0.05, 0.1) is 7.11 Å². The summed E-state index contributed by atoms with van der Waals surface area (Å²) in [7, 11) is 1.50. The van der Waals surface area contributed by atoms with Gasteiger partial charge >= 0.3 is 6.36 Å². The molecule has 0 spiro atoms. The second-order valence-electron chi connectivity index (χ2n) is 5.77. The van der Waals surface area contributed by atoms with Crippen molar-refractivity contribution in [2.24, 2.45) is 0 Å². The topological polar surface area (TPSA) is 41.7 Å². The van der Waals surface area contributed by atoms with Crippen LogP contribution >= 0.6 is 0 Å². The van der Waals surface area contributed by atoms with Crippen LogP contribution in [0, 0.1) is 0 Å². The summed E-state index contributed by atoms with van der Waals surface area (Å²) in [5, 5.41) is 9.90. The molecule has 1 heterocycles. The van der Waals surface area contributed by atoms with Gasteiger partial charge in [-0.25, -0.2) is 4.58 Å². The lowest BCUT2D eigenvalue weighted by Gasteiger charge is -2.15. The van der Waals surface area contributed by atoms with Crippen molar-refractivity contribution in [1.29, 1.82) is 0 Å². The standard InChI is InChI=1S/C18H16F3NO3/c1-24-17-9-13-5-6-22(11-14(13)8-16(17)23)10-12-3-2-4-15(7-12)25-18(19,20)21/h2-4,7-9,11H,5-6,10H2,1H3/p+1. The van der Waals surface area contributed by atoms with E-state index >= 15 is 0 Å². The number of methoxy groups -OCH3 is 1. The van der Waals surface area contributed by atoms with E-state index in [0.29, 0.717) is 24.4 Å². The summed E-state index contributed by atoms with van der Waals surface area (Å²) in [6.07, 6.45) is -2.07. The van der Waals surface area contributed by atoms with Crippen molar-refractivity contribution in [3.8, 4) is 17.2 Å². The fourth-order valence-corrected chi connectivity index (χ4v) is 2.85. The molecule has 0 aliphatic carbocycles. The molecule has 1 N–H and O–H groups in total. The maximum Gasteiger partial charge on any atom is 0.573 e. The van der Waals surface area contributed by atoms with Crippen LogP contribution in [0.5, 0.6) is 17.2 Å². The third-order valence-electron chi connectivity index (χ3n) is 3.95. The Kier molecular flexibility index (Phi) is 4.57.